The van der Waals surface area contributed by atoms with Crippen LogP contribution in [0.2, 0.25) is 0 Å². The molecular weight excluding hydrogens is 256 g/mol. The molecule has 0 bridgehead atoms. The molecule has 1 aromatic heterocycles. The van der Waals surface area contributed by atoms with Crippen LogP contribution in [0.1, 0.15) is 12.5 Å². The largest absolute Gasteiger partial charge is 0.383 e. The summed E-state index contributed by atoms with van der Waals surface area (Å²) >= 11 is 3.41. The van der Waals surface area contributed by atoms with E-state index in [2.05, 4.69) is 45.7 Å². The normalized spacial score (nSPS) is 10.4. The van der Waals surface area contributed by atoms with Crippen molar-refractivity contribution in [3.8, 4) is 0 Å². The standard InChI is InChI=1S/C11H17BrN2O/c1-4-14(5-6-15-3)11-9(2)7-10(12)8-13-11/h7-8H,4-6H2,1-3H3. The summed E-state index contributed by atoms with van der Waals surface area (Å²) in [5, 5.41) is 0. The maximum atomic E-state index is 5.08. The Morgan fingerprint density at radius 2 is 2.27 bits per heavy atom. The molecule has 0 unspecified atom stereocenters. The smallest absolute Gasteiger partial charge is 0.131 e. The van der Waals surface area contributed by atoms with E-state index in [0.29, 0.717) is 0 Å². The second-order valence-electron chi connectivity index (χ2n) is 3.37. The number of hydrogen-bond acceptors (Lipinski definition) is 3. The summed E-state index contributed by atoms with van der Waals surface area (Å²) in [6, 6.07) is 2.08. The Morgan fingerprint density at radius 1 is 1.53 bits per heavy atom. The van der Waals surface area contributed by atoms with Gasteiger partial charge in [-0.15, -0.1) is 0 Å². The number of hydrogen-bond donors (Lipinski definition) is 0. The van der Waals surface area contributed by atoms with Gasteiger partial charge in [0.05, 0.1) is 6.61 Å². The highest BCUT2D eigenvalue weighted by atomic mass is 79.9. The molecule has 84 valence electrons. The van der Waals surface area contributed by atoms with E-state index in [0.717, 1.165) is 30.0 Å². The van der Waals surface area contributed by atoms with E-state index in [1.807, 2.05) is 6.20 Å². The predicted octanol–water partition coefficient (Wildman–Crippen LogP) is 2.63. The van der Waals surface area contributed by atoms with Gasteiger partial charge in [-0.1, -0.05) is 0 Å². The van der Waals surface area contributed by atoms with Gasteiger partial charge in [0, 0.05) is 30.9 Å². The highest BCUT2D eigenvalue weighted by Gasteiger charge is 2.08. The summed E-state index contributed by atoms with van der Waals surface area (Å²) in [7, 11) is 1.72. The van der Waals surface area contributed by atoms with Crippen molar-refractivity contribution in [3.05, 3.63) is 22.3 Å². The number of ether oxygens (including phenoxy) is 1. The molecule has 0 atom stereocenters. The molecule has 1 heterocycles. The molecule has 0 amide bonds. The van der Waals surface area contributed by atoms with Gasteiger partial charge >= 0.3 is 0 Å². The lowest BCUT2D eigenvalue weighted by molar-refractivity contribution is 0.205. The fourth-order valence-electron chi connectivity index (χ4n) is 1.48. The Labute approximate surface area is 99.6 Å². The van der Waals surface area contributed by atoms with Crippen molar-refractivity contribution in [2.24, 2.45) is 0 Å². The first-order chi connectivity index (χ1) is 7.19. The molecule has 1 aromatic rings. The second-order valence-corrected chi connectivity index (χ2v) is 4.28. The maximum Gasteiger partial charge on any atom is 0.131 e. The number of halogens is 1. The first-order valence-electron chi connectivity index (χ1n) is 5.05. The van der Waals surface area contributed by atoms with E-state index in [9.17, 15) is 0 Å². The van der Waals surface area contributed by atoms with Crippen molar-refractivity contribution in [1.29, 1.82) is 0 Å². The zero-order valence-electron chi connectivity index (χ0n) is 9.46. The van der Waals surface area contributed by atoms with Gasteiger partial charge in [-0.3, -0.25) is 0 Å². The van der Waals surface area contributed by atoms with Crippen molar-refractivity contribution in [1.82, 2.24) is 4.98 Å². The molecule has 0 spiro atoms. The van der Waals surface area contributed by atoms with Gasteiger partial charge in [0.2, 0.25) is 0 Å². The van der Waals surface area contributed by atoms with Crippen molar-refractivity contribution in [2.75, 3.05) is 31.7 Å². The van der Waals surface area contributed by atoms with Gasteiger partial charge in [0.25, 0.3) is 0 Å². The number of pyridine rings is 1. The van der Waals surface area contributed by atoms with Crippen LogP contribution in [-0.4, -0.2) is 31.8 Å². The summed E-state index contributed by atoms with van der Waals surface area (Å²) in [5.41, 5.74) is 1.18. The lowest BCUT2D eigenvalue weighted by atomic mass is 10.2. The van der Waals surface area contributed by atoms with Gasteiger partial charge in [-0.2, -0.15) is 0 Å². The minimum Gasteiger partial charge on any atom is -0.383 e. The van der Waals surface area contributed by atoms with E-state index >= 15 is 0 Å². The van der Waals surface area contributed by atoms with Crippen LogP contribution in [-0.2, 0) is 4.74 Å². The van der Waals surface area contributed by atoms with Gasteiger partial charge in [-0.25, -0.2) is 4.98 Å². The van der Waals surface area contributed by atoms with Crippen LogP contribution >= 0.6 is 15.9 Å². The predicted molar refractivity (Wildman–Crippen MR) is 66.4 cm³/mol. The van der Waals surface area contributed by atoms with Crippen LogP contribution in [0.5, 0.6) is 0 Å². The molecule has 1 rings (SSSR count). The highest BCUT2D eigenvalue weighted by molar-refractivity contribution is 9.10. The Balaban J connectivity index is 2.81. The average Bonchev–Trinajstić information content (AvgIpc) is 2.21. The van der Waals surface area contributed by atoms with E-state index in [-0.39, 0.29) is 0 Å². The van der Waals surface area contributed by atoms with Crippen LogP contribution in [0.15, 0.2) is 16.7 Å². The third-order valence-electron chi connectivity index (χ3n) is 2.26. The Hall–Kier alpha value is -0.610. The summed E-state index contributed by atoms with van der Waals surface area (Å²) in [4.78, 5) is 6.64. The molecule has 0 aliphatic carbocycles. The average molecular weight is 273 g/mol. The van der Waals surface area contributed by atoms with E-state index in [4.69, 9.17) is 4.74 Å². The second kappa shape index (κ2) is 6.08. The Morgan fingerprint density at radius 3 is 2.80 bits per heavy atom. The van der Waals surface area contributed by atoms with Crippen LogP contribution in [0.25, 0.3) is 0 Å². The lowest BCUT2D eigenvalue weighted by Crippen LogP contribution is -2.28. The molecule has 0 aromatic carbocycles. The van der Waals surface area contributed by atoms with Crippen LogP contribution in [0.3, 0.4) is 0 Å². The molecule has 0 saturated carbocycles. The first kappa shape index (κ1) is 12.5. The topological polar surface area (TPSA) is 25.4 Å². The number of aromatic nitrogens is 1. The van der Waals surface area contributed by atoms with Gasteiger partial charge in [0.1, 0.15) is 5.82 Å². The van der Waals surface area contributed by atoms with Gasteiger partial charge in [-0.05, 0) is 41.4 Å². The number of aryl methyl sites for hydroxylation is 1. The fraction of sp³-hybridized carbons (Fsp3) is 0.545. The fourth-order valence-corrected chi connectivity index (χ4v) is 1.93. The number of rotatable bonds is 5. The molecule has 3 nitrogen and oxygen atoms in total. The van der Waals surface area contributed by atoms with Crippen LogP contribution in [0, 0.1) is 6.92 Å². The van der Waals surface area contributed by atoms with Crippen molar-refractivity contribution in [2.45, 2.75) is 13.8 Å². The molecule has 4 heteroatoms. The minimum atomic E-state index is 0.727. The monoisotopic (exact) mass is 272 g/mol. The molecular formula is C11H17BrN2O. The Kier molecular flexibility index (Phi) is 5.05. The number of anilines is 1. The van der Waals surface area contributed by atoms with E-state index in [1.54, 1.807) is 7.11 Å². The molecule has 0 radical (unpaired) electrons. The highest BCUT2D eigenvalue weighted by Crippen LogP contribution is 2.20. The van der Waals surface area contributed by atoms with Gasteiger partial charge in [0.15, 0.2) is 0 Å². The molecule has 0 fully saturated rings. The third kappa shape index (κ3) is 3.47. The first-order valence-corrected chi connectivity index (χ1v) is 5.84. The van der Waals surface area contributed by atoms with Crippen LogP contribution in [0.4, 0.5) is 5.82 Å². The van der Waals surface area contributed by atoms with E-state index < -0.39 is 0 Å². The third-order valence-corrected chi connectivity index (χ3v) is 2.70. The molecule has 15 heavy (non-hydrogen) atoms. The molecule has 0 aliphatic rings. The quantitative estimate of drug-likeness (QED) is 0.824. The summed E-state index contributed by atoms with van der Waals surface area (Å²) in [5.74, 6) is 1.04. The van der Waals surface area contributed by atoms with Crippen molar-refractivity contribution >= 4 is 21.7 Å². The molecule has 0 saturated heterocycles. The lowest BCUT2D eigenvalue weighted by Gasteiger charge is -2.23. The number of methoxy groups -OCH3 is 1. The maximum absolute atomic E-state index is 5.08. The summed E-state index contributed by atoms with van der Waals surface area (Å²) < 4.78 is 6.10. The van der Waals surface area contributed by atoms with Crippen LogP contribution < -0.4 is 4.90 Å². The number of likely N-dealkylation sites (N-methyl/N-ethyl adjacent to an activating group) is 1. The molecule has 0 N–H and O–H groups in total. The van der Waals surface area contributed by atoms with Crippen molar-refractivity contribution < 1.29 is 4.74 Å². The SMILES string of the molecule is CCN(CCOC)c1ncc(Br)cc1C. The number of nitrogens with zero attached hydrogens (tertiary/aromatic N) is 2. The zero-order valence-corrected chi connectivity index (χ0v) is 11.0. The summed E-state index contributed by atoms with van der Waals surface area (Å²) in [6.45, 7) is 6.74. The van der Waals surface area contributed by atoms with Gasteiger partial charge < -0.3 is 9.64 Å². The van der Waals surface area contributed by atoms with E-state index in [1.165, 1.54) is 5.56 Å². The van der Waals surface area contributed by atoms with Crippen molar-refractivity contribution in [3.63, 3.8) is 0 Å². The molecule has 0 aliphatic heterocycles. The Bertz CT molecular complexity index is 317. The minimum absolute atomic E-state index is 0.727. The summed E-state index contributed by atoms with van der Waals surface area (Å²) in [6.07, 6.45) is 1.83. The zero-order chi connectivity index (χ0) is 11.3.